The minimum atomic E-state index is -0.0102. The summed E-state index contributed by atoms with van der Waals surface area (Å²) in [7, 11) is 0. The van der Waals surface area contributed by atoms with E-state index in [4.69, 9.17) is 0 Å². The number of thiophene rings is 1. The summed E-state index contributed by atoms with van der Waals surface area (Å²) in [4.78, 5) is 34.6. The number of aromatic nitrogens is 2. The fraction of sp³-hybridized carbons (Fsp3) is 0.235. The van der Waals surface area contributed by atoms with Gasteiger partial charge in [-0.25, -0.2) is 4.98 Å². The highest BCUT2D eigenvalue weighted by Crippen LogP contribution is 2.29. The molecule has 0 radical (unpaired) electrons. The Balaban J connectivity index is 1.61. The Kier molecular flexibility index (Phi) is 3.27. The lowest BCUT2D eigenvalue weighted by Gasteiger charge is -2.27. The molecule has 0 atom stereocenters. The van der Waals surface area contributed by atoms with Gasteiger partial charge in [0.1, 0.15) is 5.65 Å². The van der Waals surface area contributed by atoms with Gasteiger partial charge in [0, 0.05) is 40.1 Å². The lowest BCUT2D eigenvalue weighted by Crippen LogP contribution is -2.35. The average molecular weight is 325 g/mol. The number of amides is 1. The Morgan fingerprint density at radius 3 is 3.09 bits per heavy atom. The number of pyridine rings is 1. The van der Waals surface area contributed by atoms with Crippen LogP contribution in [0.2, 0.25) is 0 Å². The maximum Gasteiger partial charge on any atom is 0.255 e. The minimum Gasteiger partial charge on any atom is -0.346 e. The largest absolute Gasteiger partial charge is 0.346 e. The summed E-state index contributed by atoms with van der Waals surface area (Å²) in [6, 6.07) is 3.78. The van der Waals surface area contributed by atoms with Gasteiger partial charge in [0.15, 0.2) is 5.78 Å². The van der Waals surface area contributed by atoms with Crippen molar-refractivity contribution < 1.29 is 9.59 Å². The molecule has 23 heavy (non-hydrogen) atoms. The molecule has 0 bridgehead atoms. The van der Waals surface area contributed by atoms with E-state index in [1.165, 1.54) is 0 Å². The zero-order valence-corrected chi connectivity index (χ0v) is 13.4. The van der Waals surface area contributed by atoms with Crippen LogP contribution in [-0.2, 0) is 13.0 Å². The first-order valence-corrected chi connectivity index (χ1v) is 8.34. The number of rotatable bonds is 2. The molecule has 3 aromatic heterocycles. The summed E-state index contributed by atoms with van der Waals surface area (Å²) >= 11 is 1.57. The summed E-state index contributed by atoms with van der Waals surface area (Å²) in [6.07, 6.45) is 4.17. The molecule has 116 valence electrons. The molecule has 4 heterocycles. The van der Waals surface area contributed by atoms with Crippen LogP contribution in [0.15, 0.2) is 29.9 Å². The molecular weight excluding hydrogens is 310 g/mol. The Labute approximate surface area is 137 Å². The van der Waals surface area contributed by atoms with Crippen LogP contribution in [0.4, 0.5) is 0 Å². The lowest BCUT2D eigenvalue weighted by molar-refractivity contribution is 0.0737. The lowest BCUT2D eigenvalue weighted by atomic mass is 10.0. The number of carbonyl (C=O) groups is 2. The van der Waals surface area contributed by atoms with Crippen LogP contribution < -0.4 is 0 Å². The van der Waals surface area contributed by atoms with Gasteiger partial charge in [-0.05, 0) is 31.0 Å². The highest BCUT2D eigenvalue weighted by atomic mass is 32.1. The van der Waals surface area contributed by atoms with Crippen LogP contribution in [-0.4, -0.2) is 33.1 Å². The SMILES string of the molecule is CC(=O)c1csc2c1CCN(C(=O)c1cnc3[nH]ccc3c1)C2. The molecule has 1 amide bonds. The van der Waals surface area contributed by atoms with Crippen LogP contribution in [0.1, 0.15) is 38.1 Å². The molecule has 0 saturated heterocycles. The van der Waals surface area contributed by atoms with Gasteiger partial charge in [0.2, 0.25) is 0 Å². The standard InChI is InChI=1S/C17H15N3O2S/c1-10(21)14-9-23-15-8-20(5-3-13(14)15)17(22)12-6-11-2-4-18-16(11)19-7-12/h2,4,6-7,9H,3,5,8H2,1H3,(H,18,19). The van der Waals surface area contributed by atoms with Crippen LogP contribution in [0.5, 0.6) is 0 Å². The topological polar surface area (TPSA) is 66.1 Å². The van der Waals surface area contributed by atoms with Crippen LogP contribution in [0.3, 0.4) is 0 Å². The van der Waals surface area contributed by atoms with Crippen molar-refractivity contribution in [1.82, 2.24) is 14.9 Å². The number of hydrogen-bond acceptors (Lipinski definition) is 4. The van der Waals surface area contributed by atoms with Crippen molar-refractivity contribution in [3.05, 3.63) is 51.5 Å². The van der Waals surface area contributed by atoms with Crippen molar-refractivity contribution in [2.24, 2.45) is 0 Å². The van der Waals surface area contributed by atoms with E-state index in [1.54, 1.807) is 24.5 Å². The van der Waals surface area contributed by atoms with Crippen molar-refractivity contribution in [3.8, 4) is 0 Å². The first kappa shape index (κ1) is 14.1. The fourth-order valence-corrected chi connectivity index (χ4v) is 4.19. The number of nitrogens with one attached hydrogen (secondary N) is 1. The molecule has 0 unspecified atom stereocenters. The zero-order valence-electron chi connectivity index (χ0n) is 12.6. The molecule has 1 aliphatic heterocycles. The second-order valence-corrected chi connectivity index (χ2v) is 6.69. The van der Waals surface area contributed by atoms with E-state index in [9.17, 15) is 9.59 Å². The maximum atomic E-state index is 12.7. The van der Waals surface area contributed by atoms with Gasteiger partial charge >= 0.3 is 0 Å². The van der Waals surface area contributed by atoms with Crippen molar-refractivity contribution in [2.45, 2.75) is 19.9 Å². The van der Waals surface area contributed by atoms with E-state index in [-0.39, 0.29) is 11.7 Å². The third-order valence-electron chi connectivity index (χ3n) is 4.26. The monoisotopic (exact) mass is 325 g/mol. The second kappa shape index (κ2) is 5.31. The number of aromatic amines is 1. The molecule has 1 N–H and O–H groups in total. The van der Waals surface area contributed by atoms with E-state index in [0.717, 1.165) is 33.5 Å². The summed E-state index contributed by atoms with van der Waals surface area (Å²) in [5.41, 5.74) is 3.31. The Morgan fingerprint density at radius 2 is 2.26 bits per heavy atom. The summed E-state index contributed by atoms with van der Waals surface area (Å²) in [5.74, 6) is 0.0911. The number of fused-ring (bicyclic) bond motifs is 2. The number of hydrogen-bond donors (Lipinski definition) is 1. The third kappa shape index (κ3) is 2.35. The molecule has 1 aliphatic rings. The molecular formula is C17H15N3O2S. The summed E-state index contributed by atoms with van der Waals surface area (Å²) < 4.78 is 0. The van der Waals surface area contributed by atoms with Crippen molar-refractivity contribution >= 4 is 34.1 Å². The van der Waals surface area contributed by atoms with E-state index >= 15 is 0 Å². The number of ketones is 1. The zero-order chi connectivity index (χ0) is 16.0. The smallest absolute Gasteiger partial charge is 0.255 e. The molecule has 0 saturated carbocycles. The Hall–Kier alpha value is -2.47. The first-order chi connectivity index (χ1) is 11.1. The van der Waals surface area contributed by atoms with E-state index in [0.29, 0.717) is 18.7 Å². The molecule has 5 nitrogen and oxygen atoms in total. The minimum absolute atomic E-state index is 0.0102. The number of H-pyrrole nitrogens is 1. The molecule has 6 heteroatoms. The van der Waals surface area contributed by atoms with Gasteiger partial charge in [-0.15, -0.1) is 11.3 Å². The summed E-state index contributed by atoms with van der Waals surface area (Å²) in [6.45, 7) is 2.79. The predicted molar refractivity (Wildman–Crippen MR) is 88.9 cm³/mol. The van der Waals surface area contributed by atoms with E-state index in [2.05, 4.69) is 9.97 Å². The van der Waals surface area contributed by atoms with Crippen LogP contribution >= 0.6 is 11.3 Å². The third-order valence-corrected chi connectivity index (χ3v) is 5.27. The van der Waals surface area contributed by atoms with E-state index in [1.807, 2.05) is 28.6 Å². The average Bonchev–Trinajstić information content (AvgIpc) is 3.19. The van der Waals surface area contributed by atoms with Crippen molar-refractivity contribution in [2.75, 3.05) is 6.54 Å². The van der Waals surface area contributed by atoms with Gasteiger partial charge < -0.3 is 9.88 Å². The van der Waals surface area contributed by atoms with Gasteiger partial charge in [-0.3, -0.25) is 9.59 Å². The van der Waals surface area contributed by atoms with Crippen molar-refractivity contribution in [1.29, 1.82) is 0 Å². The first-order valence-electron chi connectivity index (χ1n) is 7.46. The Bertz CT molecular complexity index is 925. The number of carbonyl (C=O) groups excluding carboxylic acids is 2. The molecule has 0 aliphatic carbocycles. The quantitative estimate of drug-likeness (QED) is 0.737. The normalized spacial score (nSPS) is 14.0. The van der Waals surface area contributed by atoms with Crippen LogP contribution in [0, 0.1) is 0 Å². The fourth-order valence-electron chi connectivity index (χ4n) is 3.04. The summed E-state index contributed by atoms with van der Waals surface area (Å²) in [5, 5.41) is 2.84. The molecule has 0 spiro atoms. The maximum absolute atomic E-state index is 12.7. The molecule has 3 aromatic rings. The van der Waals surface area contributed by atoms with Gasteiger partial charge in [0.05, 0.1) is 12.1 Å². The molecule has 4 rings (SSSR count). The predicted octanol–water partition coefficient (Wildman–Crippen LogP) is 3.03. The highest BCUT2D eigenvalue weighted by molar-refractivity contribution is 7.10. The molecule has 0 fully saturated rings. The van der Waals surface area contributed by atoms with Gasteiger partial charge in [-0.2, -0.15) is 0 Å². The van der Waals surface area contributed by atoms with Crippen molar-refractivity contribution in [3.63, 3.8) is 0 Å². The van der Waals surface area contributed by atoms with E-state index < -0.39 is 0 Å². The molecule has 0 aromatic carbocycles. The van der Waals surface area contributed by atoms with Gasteiger partial charge in [0.25, 0.3) is 5.91 Å². The number of nitrogens with zero attached hydrogens (tertiary/aromatic N) is 2. The number of Topliss-reactive ketones (excluding diaryl/α,β-unsaturated/α-hetero) is 1. The Morgan fingerprint density at radius 1 is 1.39 bits per heavy atom. The highest BCUT2D eigenvalue weighted by Gasteiger charge is 2.26. The van der Waals surface area contributed by atoms with Crippen LogP contribution in [0.25, 0.3) is 11.0 Å². The second-order valence-electron chi connectivity index (χ2n) is 5.72. The van der Waals surface area contributed by atoms with Gasteiger partial charge in [-0.1, -0.05) is 0 Å².